The maximum Gasteiger partial charge on any atom is 0.316 e. The number of hydrogen-bond donors (Lipinski definition) is 2. The highest BCUT2D eigenvalue weighted by Crippen LogP contribution is 2.22. The highest BCUT2D eigenvalue weighted by molar-refractivity contribution is 5.74. The summed E-state index contributed by atoms with van der Waals surface area (Å²) in [4.78, 5) is 15.0. The molecule has 0 bridgehead atoms. The molecule has 0 aliphatic carbocycles. The van der Waals surface area contributed by atoms with E-state index < -0.39 is 17.7 Å². The van der Waals surface area contributed by atoms with E-state index >= 15 is 0 Å². The molecule has 6 nitrogen and oxygen atoms in total. The van der Waals surface area contributed by atoms with Gasteiger partial charge < -0.3 is 15.4 Å². The van der Waals surface area contributed by atoms with Gasteiger partial charge in [0.15, 0.2) is 0 Å². The largest absolute Gasteiger partial charge is 0.481 e. The number of carbonyl (C=O) groups is 1. The summed E-state index contributed by atoms with van der Waals surface area (Å²) in [5, 5.41) is 12.7. The Morgan fingerprint density at radius 2 is 2.32 bits per heavy atom. The number of carboxylic acid groups (broad SMARTS) is 1. The van der Waals surface area contributed by atoms with Crippen molar-refractivity contribution in [1.82, 2.24) is 10.1 Å². The smallest absolute Gasteiger partial charge is 0.316 e. The van der Waals surface area contributed by atoms with Crippen LogP contribution < -0.4 is 5.73 Å². The van der Waals surface area contributed by atoms with Crippen LogP contribution in [0.3, 0.4) is 0 Å². The summed E-state index contributed by atoms with van der Waals surface area (Å²) in [6, 6.07) is 5.65. The van der Waals surface area contributed by atoms with Gasteiger partial charge in [0.25, 0.3) is 0 Å². The topological polar surface area (TPSA) is 102 Å². The van der Waals surface area contributed by atoms with Crippen molar-refractivity contribution in [3.05, 3.63) is 36.0 Å². The first kappa shape index (κ1) is 13.2. The Morgan fingerprint density at radius 3 is 2.95 bits per heavy atom. The minimum Gasteiger partial charge on any atom is -0.481 e. The van der Waals surface area contributed by atoms with Gasteiger partial charge in [-0.15, -0.1) is 0 Å². The van der Waals surface area contributed by atoms with Crippen molar-refractivity contribution in [3.8, 4) is 11.4 Å². The standard InChI is InChI=1S/C12H12FN3O3/c13-8-3-1-2-7(6-8)10-15-11(19-16-10)9(4-5-14)12(17)18/h1-3,6,9H,4-5,14H2,(H,17,18). The molecule has 0 aliphatic heterocycles. The summed E-state index contributed by atoms with van der Waals surface area (Å²) in [5.41, 5.74) is 5.76. The van der Waals surface area contributed by atoms with E-state index in [9.17, 15) is 9.18 Å². The first-order valence-electron chi connectivity index (χ1n) is 5.64. The minimum absolute atomic E-state index is 0.0304. The van der Waals surface area contributed by atoms with Gasteiger partial charge in [-0.2, -0.15) is 4.98 Å². The number of nitrogens with two attached hydrogens (primary N) is 1. The molecule has 0 saturated carbocycles. The Kier molecular flexibility index (Phi) is 3.86. The van der Waals surface area contributed by atoms with E-state index in [1.807, 2.05) is 0 Å². The molecule has 100 valence electrons. The van der Waals surface area contributed by atoms with Crippen LogP contribution >= 0.6 is 0 Å². The molecule has 0 radical (unpaired) electrons. The first-order valence-corrected chi connectivity index (χ1v) is 5.64. The molecule has 0 amide bonds. The molecule has 1 aromatic heterocycles. The Hall–Kier alpha value is -2.28. The molecule has 1 aromatic carbocycles. The fourth-order valence-electron chi connectivity index (χ4n) is 1.64. The minimum atomic E-state index is -1.08. The zero-order chi connectivity index (χ0) is 13.8. The van der Waals surface area contributed by atoms with Crippen molar-refractivity contribution in [3.63, 3.8) is 0 Å². The number of benzene rings is 1. The third-order valence-corrected chi connectivity index (χ3v) is 2.58. The quantitative estimate of drug-likeness (QED) is 0.847. The first-order chi connectivity index (χ1) is 9.11. The Bertz CT molecular complexity index is 585. The van der Waals surface area contributed by atoms with Crippen molar-refractivity contribution < 1.29 is 18.8 Å². The number of halogens is 1. The molecule has 19 heavy (non-hydrogen) atoms. The Labute approximate surface area is 108 Å². The lowest BCUT2D eigenvalue weighted by Crippen LogP contribution is -2.16. The SMILES string of the molecule is NCCC(C(=O)O)c1nc(-c2cccc(F)c2)no1. The zero-order valence-corrected chi connectivity index (χ0v) is 9.91. The molecule has 0 aliphatic rings. The molecule has 1 unspecified atom stereocenters. The normalized spacial score (nSPS) is 12.3. The van der Waals surface area contributed by atoms with Crippen LogP contribution in [-0.4, -0.2) is 27.8 Å². The fourth-order valence-corrected chi connectivity index (χ4v) is 1.64. The maximum atomic E-state index is 13.1. The monoisotopic (exact) mass is 265 g/mol. The molecule has 2 aromatic rings. The van der Waals surface area contributed by atoms with Crippen molar-refractivity contribution in [1.29, 1.82) is 0 Å². The molecule has 0 saturated heterocycles. The lowest BCUT2D eigenvalue weighted by Gasteiger charge is -2.04. The van der Waals surface area contributed by atoms with Crippen LogP contribution in [-0.2, 0) is 4.79 Å². The molecule has 0 spiro atoms. The lowest BCUT2D eigenvalue weighted by molar-refractivity contribution is -0.139. The number of aliphatic carboxylic acids is 1. The van der Waals surface area contributed by atoms with E-state index in [1.165, 1.54) is 18.2 Å². The number of hydrogen-bond acceptors (Lipinski definition) is 5. The number of rotatable bonds is 5. The average molecular weight is 265 g/mol. The predicted octanol–water partition coefficient (Wildman–Crippen LogP) is 1.39. The third kappa shape index (κ3) is 2.94. The maximum absolute atomic E-state index is 13.1. The molecule has 1 heterocycles. The van der Waals surface area contributed by atoms with Gasteiger partial charge in [-0.1, -0.05) is 17.3 Å². The van der Waals surface area contributed by atoms with E-state index in [0.717, 1.165) is 0 Å². The summed E-state index contributed by atoms with van der Waals surface area (Å²) in [7, 11) is 0. The van der Waals surface area contributed by atoms with E-state index in [1.54, 1.807) is 6.07 Å². The average Bonchev–Trinajstić information content (AvgIpc) is 2.84. The molecular weight excluding hydrogens is 253 g/mol. The molecule has 2 rings (SSSR count). The van der Waals surface area contributed by atoms with E-state index in [-0.39, 0.29) is 24.7 Å². The van der Waals surface area contributed by atoms with Crippen LogP contribution in [0, 0.1) is 5.82 Å². The molecule has 7 heteroatoms. The molecule has 0 fully saturated rings. The van der Waals surface area contributed by atoms with Crippen molar-refractivity contribution in [2.75, 3.05) is 6.54 Å². The zero-order valence-electron chi connectivity index (χ0n) is 9.91. The Morgan fingerprint density at radius 1 is 1.53 bits per heavy atom. The molecule has 1 atom stereocenters. The lowest BCUT2D eigenvalue weighted by atomic mass is 10.1. The van der Waals surface area contributed by atoms with Crippen molar-refractivity contribution >= 4 is 5.97 Å². The fraction of sp³-hybridized carbons (Fsp3) is 0.250. The van der Waals surface area contributed by atoms with Crippen molar-refractivity contribution in [2.45, 2.75) is 12.3 Å². The summed E-state index contributed by atoms with van der Waals surface area (Å²) < 4.78 is 18.0. The summed E-state index contributed by atoms with van der Waals surface area (Å²) in [6.45, 7) is 0.189. The van der Waals surface area contributed by atoms with E-state index in [4.69, 9.17) is 15.4 Å². The van der Waals surface area contributed by atoms with Crippen LogP contribution in [0.15, 0.2) is 28.8 Å². The summed E-state index contributed by atoms with van der Waals surface area (Å²) >= 11 is 0. The summed E-state index contributed by atoms with van der Waals surface area (Å²) in [5.74, 6) is -2.34. The van der Waals surface area contributed by atoms with Gasteiger partial charge in [0.1, 0.15) is 11.7 Å². The summed E-state index contributed by atoms with van der Waals surface area (Å²) in [6.07, 6.45) is 0.195. The number of carboxylic acids is 1. The van der Waals surface area contributed by atoms with Crippen LogP contribution in [0.5, 0.6) is 0 Å². The van der Waals surface area contributed by atoms with Crippen LogP contribution in [0.1, 0.15) is 18.2 Å². The highest BCUT2D eigenvalue weighted by atomic mass is 19.1. The third-order valence-electron chi connectivity index (χ3n) is 2.58. The van der Waals surface area contributed by atoms with Gasteiger partial charge in [-0.05, 0) is 25.1 Å². The Balaban J connectivity index is 2.30. The molecular formula is C12H12FN3O3. The highest BCUT2D eigenvalue weighted by Gasteiger charge is 2.25. The van der Waals surface area contributed by atoms with Gasteiger partial charge in [-0.3, -0.25) is 4.79 Å². The van der Waals surface area contributed by atoms with Crippen LogP contribution in [0.25, 0.3) is 11.4 Å². The van der Waals surface area contributed by atoms with Crippen LogP contribution in [0.4, 0.5) is 4.39 Å². The second-order valence-corrected chi connectivity index (χ2v) is 3.93. The van der Waals surface area contributed by atoms with Gasteiger partial charge >= 0.3 is 5.97 Å². The van der Waals surface area contributed by atoms with Gasteiger partial charge in [0.05, 0.1) is 0 Å². The predicted molar refractivity (Wildman–Crippen MR) is 63.7 cm³/mol. The van der Waals surface area contributed by atoms with Gasteiger partial charge in [0.2, 0.25) is 11.7 Å². The van der Waals surface area contributed by atoms with E-state index in [2.05, 4.69) is 10.1 Å². The number of nitrogens with zero attached hydrogens (tertiary/aromatic N) is 2. The van der Waals surface area contributed by atoms with Gasteiger partial charge in [-0.25, -0.2) is 4.39 Å². The van der Waals surface area contributed by atoms with Crippen LogP contribution in [0.2, 0.25) is 0 Å². The van der Waals surface area contributed by atoms with Gasteiger partial charge in [0, 0.05) is 5.56 Å². The molecule has 3 N–H and O–H groups in total. The van der Waals surface area contributed by atoms with Crippen molar-refractivity contribution in [2.24, 2.45) is 5.73 Å². The number of aromatic nitrogens is 2. The second kappa shape index (κ2) is 5.57. The van der Waals surface area contributed by atoms with E-state index in [0.29, 0.717) is 5.56 Å². The second-order valence-electron chi connectivity index (χ2n) is 3.93.